The van der Waals surface area contributed by atoms with Gasteiger partial charge >= 0.3 is 11.8 Å². The van der Waals surface area contributed by atoms with Gasteiger partial charge in [0.15, 0.2) is 5.58 Å². The summed E-state index contributed by atoms with van der Waals surface area (Å²) in [7, 11) is 0. The number of benzene rings is 2. The van der Waals surface area contributed by atoms with Crippen LogP contribution in [0.25, 0.3) is 11.1 Å². The van der Waals surface area contributed by atoms with Gasteiger partial charge in [0, 0.05) is 31.4 Å². The Labute approximate surface area is 166 Å². The molecular weight excluding hydrogens is 377 g/mol. The number of piperidine rings is 1. The van der Waals surface area contributed by atoms with Crippen LogP contribution in [-0.4, -0.2) is 33.7 Å². The van der Waals surface area contributed by atoms with Crippen LogP contribution in [0.1, 0.15) is 25.3 Å². The molecule has 2 amide bonds. The largest absolute Gasteiger partial charge is 0.419 e. The summed E-state index contributed by atoms with van der Waals surface area (Å²) in [6, 6.07) is 10.6. The standard InChI is InChI=1S/C21H22FN3O4/c1-2-25-17-8-7-16(13-18(17)29-20(25)27)23-19(26)24-11-9-21(28,10-12-24)14-3-5-15(22)6-4-14/h3-8,13,28H,2,9-12H2,1H3,(H,23,26). The molecule has 1 aliphatic heterocycles. The molecule has 1 saturated heterocycles. The molecule has 152 valence electrons. The maximum Gasteiger partial charge on any atom is 0.419 e. The van der Waals surface area contributed by atoms with E-state index < -0.39 is 11.4 Å². The minimum Gasteiger partial charge on any atom is -0.408 e. The first-order valence-electron chi connectivity index (χ1n) is 9.57. The van der Waals surface area contributed by atoms with Gasteiger partial charge in [-0.2, -0.15) is 0 Å². The number of halogens is 1. The highest BCUT2D eigenvalue weighted by Crippen LogP contribution is 2.33. The number of aliphatic hydroxyl groups is 1. The summed E-state index contributed by atoms with van der Waals surface area (Å²) in [6.45, 7) is 3.09. The van der Waals surface area contributed by atoms with Crippen molar-refractivity contribution in [3.05, 3.63) is 64.4 Å². The minimum absolute atomic E-state index is 0.289. The zero-order valence-corrected chi connectivity index (χ0v) is 16.0. The quantitative estimate of drug-likeness (QED) is 0.708. The van der Waals surface area contributed by atoms with E-state index in [0.717, 1.165) is 0 Å². The zero-order valence-electron chi connectivity index (χ0n) is 16.0. The molecule has 2 aromatic carbocycles. The van der Waals surface area contributed by atoms with Crippen molar-refractivity contribution in [1.82, 2.24) is 9.47 Å². The molecule has 4 rings (SSSR count). The highest BCUT2D eigenvalue weighted by molar-refractivity contribution is 5.91. The summed E-state index contributed by atoms with van der Waals surface area (Å²) >= 11 is 0. The van der Waals surface area contributed by atoms with Crippen LogP contribution in [0.2, 0.25) is 0 Å². The lowest BCUT2D eigenvalue weighted by atomic mass is 9.84. The summed E-state index contributed by atoms with van der Waals surface area (Å²) in [5, 5.41) is 13.7. The molecule has 0 atom stereocenters. The first-order valence-corrected chi connectivity index (χ1v) is 9.57. The van der Waals surface area contributed by atoms with Crippen molar-refractivity contribution in [2.75, 3.05) is 18.4 Å². The molecule has 1 fully saturated rings. The number of rotatable bonds is 3. The number of aryl methyl sites for hydroxylation is 1. The Bertz CT molecular complexity index is 1100. The molecule has 8 heteroatoms. The Hall–Kier alpha value is -3.13. The van der Waals surface area contributed by atoms with Crippen LogP contribution in [-0.2, 0) is 12.1 Å². The average molecular weight is 399 g/mol. The minimum atomic E-state index is -1.07. The molecule has 0 unspecified atom stereocenters. The van der Waals surface area contributed by atoms with Gasteiger partial charge in [-0.1, -0.05) is 12.1 Å². The van der Waals surface area contributed by atoms with Gasteiger partial charge in [0.25, 0.3) is 0 Å². The van der Waals surface area contributed by atoms with E-state index >= 15 is 0 Å². The van der Waals surface area contributed by atoms with E-state index in [2.05, 4.69) is 5.32 Å². The van der Waals surface area contributed by atoms with Crippen LogP contribution in [0.15, 0.2) is 51.7 Å². The van der Waals surface area contributed by atoms with Gasteiger partial charge in [0.1, 0.15) is 5.82 Å². The average Bonchev–Trinajstić information content (AvgIpc) is 3.03. The van der Waals surface area contributed by atoms with Crippen molar-refractivity contribution in [3.63, 3.8) is 0 Å². The van der Waals surface area contributed by atoms with Gasteiger partial charge in [-0.3, -0.25) is 4.57 Å². The smallest absolute Gasteiger partial charge is 0.408 e. The maximum absolute atomic E-state index is 13.1. The predicted octanol–water partition coefficient (Wildman–Crippen LogP) is 3.27. The fourth-order valence-electron chi connectivity index (χ4n) is 3.77. The van der Waals surface area contributed by atoms with Gasteiger partial charge in [-0.05, 0) is 49.6 Å². The first-order chi connectivity index (χ1) is 13.9. The van der Waals surface area contributed by atoms with E-state index in [1.807, 2.05) is 6.92 Å². The third kappa shape index (κ3) is 3.63. The van der Waals surface area contributed by atoms with Crippen molar-refractivity contribution in [2.45, 2.75) is 31.9 Å². The Morgan fingerprint density at radius 1 is 1.21 bits per heavy atom. The molecule has 1 aromatic heterocycles. The van der Waals surface area contributed by atoms with Crippen LogP contribution in [0.4, 0.5) is 14.9 Å². The zero-order chi connectivity index (χ0) is 20.6. The topological polar surface area (TPSA) is 87.7 Å². The number of urea groups is 1. The van der Waals surface area contributed by atoms with E-state index in [0.29, 0.717) is 54.8 Å². The van der Waals surface area contributed by atoms with Crippen molar-refractivity contribution < 1.29 is 18.7 Å². The number of carbonyl (C=O) groups is 1. The van der Waals surface area contributed by atoms with Crippen LogP contribution in [0.5, 0.6) is 0 Å². The number of nitrogens with one attached hydrogen (secondary N) is 1. The van der Waals surface area contributed by atoms with Gasteiger partial charge in [-0.15, -0.1) is 0 Å². The number of nitrogens with zero attached hydrogens (tertiary/aromatic N) is 2. The third-order valence-corrected chi connectivity index (χ3v) is 5.50. The molecule has 3 aromatic rings. The second-order valence-electron chi connectivity index (χ2n) is 7.25. The number of likely N-dealkylation sites (tertiary alicyclic amines) is 1. The predicted molar refractivity (Wildman–Crippen MR) is 106 cm³/mol. The van der Waals surface area contributed by atoms with Gasteiger partial charge in [-0.25, -0.2) is 14.0 Å². The fraction of sp³-hybridized carbons (Fsp3) is 0.333. The van der Waals surface area contributed by atoms with Crippen LogP contribution >= 0.6 is 0 Å². The van der Waals surface area contributed by atoms with Crippen molar-refractivity contribution in [3.8, 4) is 0 Å². The molecule has 0 aliphatic carbocycles. The molecule has 1 aliphatic rings. The normalized spacial score (nSPS) is 16.2. The Kier molecular flexibility index (Phi) is 4.87. The van der Waals surface area contributed by atoms with E-state index in [4.69, 9.17) is 4.42 Å². The number of oxazole rings is 1. The second kappa shape index (κ2) is 7.36. The molecule has 7 nitrogen and oxygen atoms in total. The number of hydrogen-bond acceptors (Lipinski definition) is 4. The first kappa shape index (κ1) is 19.2. The summed E-state index contributed by atoms with van der Waals surface area (Å²) in [4.78, 5) is 26.0. The maximum atomic E-state index is 13.1. The number of amides is 2. The van der Waals surface area contributed by atoms with Gasteiger partial charge in [0.2, 0.25) is 0 Å². The lowest BCUT2D eigenvalue weighted by Gasteiger charge is -2.38. The third-order valence-electron chi connectivity index (χ3n) is 5.50. The van der Waals surface area contributed by atoms with Crippen LogP contribution in [0.3, 0.4) is 0 Å². The van der Waals surface area contributed by atoms with Crippen LogP contribution in [0, 0.1) is 5.82 Å². The number of aromatic nitrogens is 1. The number of anilines is 1. The van der Waals surface area contributed by atoms with Gasteiger partial charge in [0.05, 0.1) is 11.1 Å². The molecule has 0 spiro atoms. The van der Waals surface area contributed by atoms with Crippen LogP contribution < -0.4 is 11.1 Å². The summed E-state index contributed by atoms with van der Waals surface area (Å²) in [5.74, 6) is -0.779. The Morgan fingerprint density at radius 2 is 1.90 bits per heavy atom. The summed E-state index contributed by atoms with van der Waals surface area (Å²) in [6.07, 6.45) is 0.721. The van der Waals surface area contributed by atoms with Gasteiger partial charge < -0.3 is 19.7 Å². The fourth-order valence-corrected chi connectivity index (χ4v) is 3.77. The van der Waals surface area contributed by atoms with E-state index in [9.17, 15) is 19.1 Å². The van der Waals surface area contributed by atoms with Crippen molar-refractivity contribution in [1.29, 1.82) is 0 Å². The molecule has 2 heterocycles. The van der Waals surface area contributed by atoms with E-state index in [1.165, 1.54) is 16.7 Å². The number of fused-ring (bicyclic) bond motifs is 1. The second-order valence-corrected chi connectivity index (χ2v) is 7.25. The molecule has 0 saturated carbocycles. The Balaban J connectivity index is 1.43. The van der Waals surface area contributed by atoms with Crippen molar-refractivity contribution >= 4 is 22.8 Å². The number of carbonyl (C=O) groups excluding carboxylic acids is 1. The lowest BCUT2D eigenvalue weighted by molar-refractivity contribution is -0.0157. The molecule has 0 radical (unpaired) electrons. The van der Waals surface area contributed by atoms with E-state index in [-0.39, 0.29) is 11.8 Å². The Morgan fingerprint density at radius 3 is 2.55 bits per heavy atom. The summed E-state index contributed by atoms with van der Waals surface area (Å²) < 4.78 is 19.9. The molecule has 0 bridgehead atoms. The number of hydrogen-bond donors (Lipinski definition) is 2. The summed E-state index contributed by atoms with van der Waals surface area (Å²) in [5.41, 5.74) is 1.20. The van der Waals surface area contributed by atoms with E-state index in [1.54, 1.807) is 35.2 Å². The molecular formula is C21H22FN3O4. The highest BCUT2D eigenvalue weighted by Gasteiger charge is 2.35. The SMILES string of the molecule is CCn1c(=O)oc2cc(NC(=O)N3CCC(O)(c4ccc(F)cc4)CC3)ccc21. The molecule has 2 N–H and O–H groups in total. The lowest BCUT2D eigenvalue weighted by Crippen LogP contribution is -2.46. The highest BCUT2D eigenvalue weighted by atomic mass is 19.1. The monoisotopic (exact) mass is 399 g/mol. The van der Waals surface area contributed by atoms with Crippen molar-refractivity contribution in [2.24, 2.45) is 0 Å². The molecule has 29 heavy (non-hydrogen) atoms.